The SMILES string of the molecule is O=C(NCCCCCNC(=O)C(F)(F)C(F)F)C(F)(F)C(F)F. The zero-order valence-corrected chi connectivity index (χ0v) is 11.5. The molecule has 0 aliphatic rings. The predicted molar refractivity (Wildman–Crippen MR) is 61.8 cm³/mol. The number of hydrogen-bond acceptors (Lipinski definition) is 2. The van der Waals surface area contributed by atoms with Crippen LogP contribution in [0.15, 0.2) is 0 Å². The number of alkyl halides is 8. The second kappa shape index (κ2) is 8.87. The molecule has 2 N–H and O–H groups in total. The number of nitrogens with one attached hydrogen (secondary N) is 2. The highest BCUT2D eigenvalue weighted by Gasteiger charge is 2.49. The van der Waals surface area contributed by atoms with Gasteiger partial charge in [-0.15, -0.1) is 0 Å². The molecule has 0 fully saturated rings. The number of carbonyl (C=O) groups excluding carboxylic acids is 2. The molecule has 23 heavy (non-hydrogen) atoms. The Bertz CT molecular complexity index is 367. The van der Waals surface area contributed by atoms with Crippen molar-refractivity contribution < 1.29 is 44.7 Å². The molecule has 0 aliphatic carbocycles. The average Bonchev–Trinajstić information content (AvgIpc) is 2.44. The normalized spacial score (nSPS) is 12.6. The van der Waals surface area contributed by atoms with Crippen LogP contribution in [0.4, 0.5) is 35.1 Å². The van der Waals surface area contributed by atoms with Gasteiger partial charge in [-0.05, 0) is 19.3 Å². The molecular formula is C11H14F8N2O2. The molecule has 0 saturated heterocycles. The third kappa shape index (κ3) is 6.57. The summed E-state index contributed by atoms with van der Waals surface area (Å²) in [5.41, 5.74) is 0. The highest BCUT2D eigenvalue weighted by Crippen LogP contribution is 2.23. The number of hydrogen-bond donors (Lipinski definition) is 2. The zero-order valence-electron chi connectivity index (χ0n) is 11.5. The fraction of sp³-hybridized carbons (Fsp3) is 0.818. The Kier molecular flexibility index (Phi) is 8.24. The van der Waals surface area contributed by atoms with Crippen LogP contribution >= 0.6 is 0 Å². The summed E-state index contributed by atoms with van der Waals surface area (Å²) in [5.74, 6) is -13.9. The summed E-state index contributed by atoms with van der Waals surface area (Å²) in [6, 6.07) is 0. The lowest BCUT2D eigenvalue weighted by molar-refractivity contribution is -0.169. The molecule has 0 atom stereocenters. The van der Waals surface area contributed by atoms with Crippen LogP contribution in [-0.2, 0) is 9.59 Å². The molecule has 12 heteroatoms. The summed E-state index contributed by atoms with van der Waals surface area (Å²) in [7, 11) is 0. The number of rotatable bonds is 10. The first-order valence-corrected chi connectivity index (χ1v) is 6.32. The van der Waals surface area contributed by atoms with Crippen LogP contribution in [0.1, 0.15) is 19.3 Å². The first-order valence-electron chi connectivity index (χ1n) is 6.32. The Labute approximate surface area is 125 Å². The monoisotopic (exact) mass is 358 g/mol. The highest BCUT2D eigenvalue weighted by atomic mass is 19.3. The maximum atomic E-state index is 12.5. The van der Waals surface area contributed by atoms with Crippen LogP contribution in [-0.4, -0.2) is 49.6 Å². The summed E-state index contributed by atoms with van der Waals surface area (Å²) in [5, 5.41) is 3.14. The van der Waals surface area contributed by atoms with Crippen LogP contribution in [0.5, 0.6) is 0 Å². The van der Waals surface area contributed by atoms with Crippen LogP contribution in [0, 0.1) is 0 Å². The van der Waals surface area contributed by atoms with Gasteiger partial charge in [0.2, 0.25) is 0 Å². The quantitative estimate of drug-likeness (QED) is 0.465. The maximum absolute atomic E-state index is 12.5. The summed E-state index contributed by atoms with van der Waals surface area (Å²) in [6.07, 6.45) is -8.08. The Morgan fingerprint density at radius 2 is 1.00 bits per heavy atom. The van der Waals surface area contributed by atoms with Gasteiger partial charge in [0.1, 0.15) is 0 Å². The second-order valence-electron chi connectivity index (χ2n) is 4.42. The molecule has 0 heterocycles. The van der Waals surface area contributed by atoms with Gasteiger partial charge in [-0.25, -0.2) is 17.6 Å². The van der Waals surface area contributed by atoms with Gasteiger partial charge in [-0.2, -0.15) is 17.6 Å². The van der Waals surface area contributed by atoms with E-state index in [2.05, 4.69) is 0 Å². The third-order valence-corrected chi connectivity index (χ3v) is 2.58. The Hall–Kier alpha value is -1.62. The molecule has 0 aliphatic heterocycles. The lowest BCUT2D eigenvalue weighted by Crippen LogP contribution is -2.45. The van der Waals surface area contributed by atoms with Crippen molar-refractivity contribution in [1.82, 2.24) is 10.6 Å². The zero-order chi connectivity index (χ0) is 18.3. The molecule has 0 saturated carbocycles. The van der Waals surface area contributed by atoms with E-state index in [1.165, 1.54) is 0 Å². The summed E-state index contributed by atoms with van der Waals surface area (Å²) in [4.78, 5) is 21.4. The van der Waals surface area contributed by atoms with E-state index >= 15 is 0 Å². The van der Waals surface area contributed by atoms with Crippen molar-refractivity contribution in [3.8, 4) is 0 Å². The summed E-state index contributed by atoms with van der Waals surface area (Å²) in [6.45, 7) is -0.745. The van der Waals surface area contributed by atoms with E-state index in [-0.39, 0.29) is 32.4 Å². The van der Waals surface area contributed by atoms with E-state index in [9.17, 15) is 44.7 Å². The third-order valence-electron chi connectivity index (χ3n) is 2.58. The van der Waals surface area contributed by atoms with Crippen molar-refractivity contribution in [3.05, 3.63) is 0 Å². The largest absolute Gasteiger partial charge is 0.383 e. The number of unbranched alkanes of at least 4 members (excludes halogenated alkanes) is 2. The molecule has 136 valence electrons. The van der Waals surface area contributed by atoms with E-state index in [1.54, 1.807) is 10.6 Å². The van der Waals surface area contributed by atoms with E-state index < -0.39 is 36.5 Å². The van der Waals surface area contributed by atoms with E-state index in [0.29, 0.717) is 0 Å². The topological polar surface area (TPSA) is 58.2 Å². The van der Waals surface area contributed by atoms with Gasteiger partial charge in [0.15, 0.2) is 0 Å². The number of amides is 2. The lowest BCUT2D eigenvalue weighted by atomic mass is 10.2. The van der Waals surface area contributed by atoms with Crippen molar-refractivity contribution in [2.24, 2.45) is 0 Å². The fourth-order valence-electron chi connectivity index (χ4n) is 1.26. The molecule has 0 unspecified atom stereocenters. The molecule has 0 aromatic rings. The van der Waals surface area contributed by atoms with Gasteiger partial charge in [-0.1, -0.05) is 0 Å². The minimum absolute atomic E-state index is 0.0339. The smallest absolute Gasteiger partial charge is 0.351 e. The van der Waals surface area contributed by atoms with Crippen LogP contribution < -0.4 is 10.6 Å². The van der Waals surface area contributed by atoms with Gasteiger partial charge >= 0.3 is 24.7 Å². The fourth-order valence-corrected chi connectivity index (χ4v) is 1.26. The van der Waals surface area contributed by atoms with Crippen LogP contribution in [0.2, 0.25) is 0 Å². The van der Waals surface area contributed by atoms with Gasteiger partial charge in [0.05, 0.1) is 0 Å². The first-order chi connectivity index (χ1) is 10.4. The van der Waals surface area contributed by atoms with Gasteiger partial charge in [0, 0.05) is 13.1 Å². The molecule has 4 nitrogen and oxygen atoms in total. The molecule has 0 aromatic carbocycles. The molecular weight excluding hydrogens is 344 g/mol. The molecule has 0 bridgehead atoms. The van der Waals surface area contributed by atoms with Crippen molar-refractivity contribution in [1.29, 1.82) is 0 Å². The molecule has 0 spiro atoms. The van der Waals surface area contributed by atoms with E-state index in [0.717, 1.165) is 0 Å². The standard InChI is InChI=1S/C11H14F8N2O2/c12-6(13)10(16,17)8(22)20-4-2-1-3-5-21-9(23)11(18,19)7(14)15/h6-7H,1-5H2,(H,20,22)(H,21,23). The minimum atomic E-state index is -4.81. The Morgan fingerprint density at radius 1 is 0.696 bits per heavy atom. The summed E-state index contributed by atoms with van der Waals surface area (Å²) >= 11 is 0. The number of halogens is 8. The van der Waals surface area contributed by atoms with E-state index in [4.69, 9.17) is 0 Å². The van der Waals surface area contributed by atoms with Crippen molar-refractivity contribution in [3.63, 3.8) is 0 Å². The Balaban J connectivity index is 3.84. The first kappa shape index (κ1) is 21.4. The molecule has 0 radical (unpaired) electrons. The molecule has 0 aromatic heterocycles. The van der Waals surface area contributed by atoms with Crippen LogP contribution in [0.3, 0.4) is 0 Å². The molecule has 0 rings (SSSR count). The van der Waals surface area contributed by atoms with Gasteiger partial charge < -0.3 is 10.6 Å². The van der Waals surface area contributed by atoms with Crippen molar-refractivity contribution >= 4 is 11.8 Å². The van der Waals surface area contributed by atoms with Gasteiger partial charge in [0.25, 0.3) is 11.8 Å². The summed E-state index contributed by atoms with van der Waals surface area (Å²) < 4.78 is 97.2. The number of carbonyl (C=O) groups is 2. The minimum Gasteiger partial charge on any atom is -0.351 e. The molecule has 2 amide bonds. The van der Waals surface area contributed by atoms with Crippen molar-refractivity contribution in [2.45, 2.75) is 44.0 Å². The lowest BCUT2D eigenvalue weighted by Gasteiger charge is -2.15. The van der Waals surface area contributed by atoms with E-state index in [1.807, 2.05) is 0 Å². The second-order valence-corrected chi connectivity index (χ2v) is 4.42. The van der Waals surface area contributed by atoms with Crippen LogP contribution in [0.25, 0.3) is 0 Å². The average molecular weight is 358 g/mol. The predicted octanol–water partition coefficient (Wildman–Crippen LogP) is 2.19. The maximum Gasteiger partial charge on any atom is 0.383 e. The highest BCUT2D eigenvalue weighted by molar-refractivity contribution is 5.84. The van der Waals surface area contributed by atoms with Crippen molar-refractivity contribution in [2.75, 3.05) is 13.1 Å². The van der Waals surface area contributed by atoms with Gasteiger partial charge in [-0.3, -0.25) is 9.59 Å². The Morgan fingerprint density at radius 3 is 1.26 bits per heavy atom.